The number of aliphatic imine (C=N–C) groups is 1. The third-order valence-electron chi connectivity index (χ3n) is 5.35. The minimum absolute atomic E-state index is 0. The van der Waals surface area contributed by atoms with Crippen LogP contribution in [0.1, 0.15) is 30.8 Å². The highest BCUT2D eigenvalue weighted by Crippen LogP contribution is 2.29. The maximum atomic E-state index is 14.0. The molecule has 1 N–H and O–H groups in total. The molecule has 0 amide bonds. The first-order valence-electron chi connectivity index (χ1n) is 10.8. The molecule has 0 aliphatic carbocycles. The lowest BCUT2D eigenvalue weighted by atomic mass is 10.1. The van der Waals surface area contributed by atoms with E-state index in [4.69, 9.17) is 14.5 Å². The van der Waals surface area contributed by atoms with Gasteiger partial charge < -0.3 is 24.6 Å². The SMILES string of the molecule is CCNC(=NCCc1cc(F)cc2c1OCOC2)N1CCN(c2nc(CC)ns2)CC1.I. The van der Waals surface area contributed by atoms with E-state index in [1.807, 2.05) is 0 Å². The molecule has 0 bridgehead atoms. The van der Waals surface area contributed by atoms with Crippen molar-refractivity contribution in [1.29, 1.82) is 0 Å². The van der Waals surface area contributed by atoms with Gasteiger partial charge in [-0.3, -0.25) is 4.99 Å². The molecule has 3 heterocycles. The van der Waals surface area contributed by atoms with Gasteiger partial charge in [0.2, 0.25) is 5.13 Å². The molecule has 2 aliphatic rings. The molecule has 11 heteroatoms. The number of aryl methyl sites for hydroxylation is 1. The number of piperazine rings is 1. The zero-order valence-electron chi connectivity index (χ0n) is 18.5. The van der Waals surface area contributed by atoms with Gasteiger partial charge in [0.05, 0.1) is 6.61 Å². The molecule has 0 atom stereocenters. The van der Waals surface area contributed by atoms with Crippen molar-refractivity contribution in [3.8, 4) is 5.75 Å². The van der Waals surface area contributed by atoms with E-state index in [1.54, 1.807) is 0 Å². The number of guanidine groups is 1. The minimum Gasteiger partial charge on any atom is -0.467 e. The predicted octanol–water partition coefficient (Wildman–Crippen LogP) is 3.05. The van der Waals surface area contributed by atoms with E-state index in [2.05, 4.69) is 38.3 Å². The second-order valence-corrected chi connectivity index (χ2v) is 8.20. The summed E-state index contributed by atoms with van der Waals surface area (Å²) in [4.78, 5) is 14.0. The molecule has 0 saturated carbocycles. The molecule has 0 radical (unpaired) electrons. The van der Waals surface area contributed by atoms with Crippen molar-refractivity contribution in [2.75, 3.05) is 51.0 Å². The molecule has 1 aromatic heterocycles. The van der Waals surface area contributed by atoms with Crippen molar-refractivity contribution in [2.45, 2.75) is 33.3 Å². The van der Waals surface area contributed by atoms with Crippen LogP contribution in [0.4, 0.5) is 9.52 Å². The largest absolute Gasteiger partial charge is 0.467 e. The zero-order chi connectivity index (χ0) is 21.6. The summed E-state index contributed by atoms with van der Waals surface area (Å²) in [7, 11) is 0. The standard InChI is InChI=1S/C21H29FN6O2S.HI/c1-3-18-25-21(31-26-18)28-9-7-27(8-10-28)20(23-4-2)24-6-5-15-11-17(22)12-16-13-29-14-30-19(15)16;/h11-12H,3-10,13-14H2,1-2H3,(H,23,24);1H. The Bertz CT molecular complexity index is 920. The average molecular weight is 576 g/mol. The van der Waals surface area contributed by atoms with Crippen molar-refractivity contribution in [2.24, 2.45) is 4.99 Å². The van der Waals surface area contributed by atoms with E-state index >= 15 is 0 Å². The number of benzene rings is 1. The summed E-state index contributed by atoms with van der Waals surface area (Å²) in [6, 6.07) is 3.02. The van der Waals surface area contributed by atoms with Gasteiger partial charge in [-0.1, -0.05) is 6.92 Å². The van der Waals surface area contributed by atoms with Crippen molar-refractivity contribution in [3.05, 3.63) is 34.9 Å². The molecule has 176 valence electrons. The Balaban J connectivity index is 0.00000289. The fourth-order valence-corrected chi connectivity index (χ4v) is 4.58. The quantitative estimate of drug-likeness (QED) is 0.322. The Labute approximate surface area is 209 Å². The lowest BCUT2D eigenvalue weighted by molar-refractivity contribution is -0.0172. The molecule has 1 saturated heterocycles. The van der Waals surface area contributed by atoms with E-state index < -0.39 is 0 Å². The Morgan fingerprint density at radius 1 is 1.25 bits per heavy atom. The van der Waals surface area contributed by atoms with E-state index in [9.17, 15) is 4.39 Å². The van der Waals surface area contributed by atoms with Gasteiger partial charge in [0.25, 0.3) is 0 Å². The predicted molar refractivity (Wildman–Crippen MR) is 135 cm³/mol. The molecular weight excluding hydrogens is 546 g/mol. The summed E-state index contributed by atoms with van der Waals surface area (Å²) in [5.74, 6) is 2.28. The second-order valence-electron chi connectivity index (χ2n) is 7.47. The van der Waals surface area contributed by atoms with Crippen LogP contribution in [-0.4, -0.2) is 66.3 Å². The summed E-state index contributed by atoms with van der Waals surface area (Å²) in [5.41, 5.74) is 1.60. The van der Waals surface area contributed by atoms with Crippen molar-refractivity contribution >= 4 is 46.6 Å². The molecule has 1 aromatic carbocycles. The number of hydrogen-bond acceptors (Lipinski definition) is 7. The number of aromatic nitrogens is 2. The third kappa shape index (κ3) is 5.98. The Morgan fingerprint density at radius 3 is 2.78 bits per heavy atom. The van der Waals surface area contributed by atoms with Crippen LogP contribution in [0.15, 0.2) is 17.1 Å². The number of halogens is 2. The molecule has 1 fully saturated rings. The van der Waals surface area contributed by atoms with Crippen molar-refractivity contribution in [3.63, 3.8) is 0 Å². The summed E-state index contributed by atoms with van der Waals surface area (Å²) in [5, 5.41) is 4.39. The van der Waals surface area contributed by atoms with Crippen LogP contribution < -0.4 is 15.0 Å². The van der Waals surface area contributed by atoms with Gasteiger partial charge in [-0.05, 0) is 31.0 Å². The first-order valence-corrected chi connectivity index (χ1v) is 11.6. The summed E-state index contributed by atoms with van der Waals surface area (Å²) >= 11 is 1.47. The molecule has 32 heavy (non-hydrogen) atoms. The molecule has 8 nitrogen and oxygen atoms in total. The fraction of sp³-hybridized carbons (Fsp3) is 0.571. The maximum Gasteiger partial charge on any atom is 0.205 e. The third-order valence-corrected chi connectivity index (χ3v) is 6.17. The van der Waals surface area contributed by atoms with Gasteiger partial charge >= 0.3 is 0 Å². The number of anilines is 1. The van der Waals surface area contributed by atoms with Gasteiger partial charge in [-0.25, -0.2) is 9.37 Å². The van der Waals surface area contributed by atoms with Crippen LogP contribution in [0.3, 0.4) is 0 Å². The van der Waals surface area contributed by atoms with Crippen LogP contribution in [0.5, 0.6) is 5.75 Å². The number of ether oxygens (including phenoxy) is 2. The highest BCUT2D eigenvalue weighted by molar-refractivity contribution is 14.0. The first kappa shape index (κ1) is 24.9. The Morgan fingerprint density at radius 2 is 2.06 bits per heavy atom. The topological polar surface area (TPSA) is 75.1 Å². The molecule has 2 aliphatic heterocycles. The minimum atomic E-state index is -0.266. The van der Waals surface area contributed by atoms with E-state index in [0.717, 1.165) is 72.9 Å². The highest BCUT2D eigenvalue weighted by atomic mass is 127. The Kier molecular flexibility index (Phi) is 9.29. The van der Waals surface area contributed by atoms with Crippen LogP contribution in [0.2, 0.25) is 0 Å². The highest BCUT2D eigenvalue weighted by Gasteiger charge is 2.22. The molecule has 4 rings (SSSR count). The lowest BCUT2D eigenvalue weighted by Gasteiger charge is -2.36. The van der Waals surface area contributed by atoms with Crippen LogP contribution >= 0.6 is 35.5 Å². The van der Waals surface area contributed by atoms with E-state index in [-0.39, 0.29) is 36.6 Å². The van der Waals surface area contributed by atoms with Gasteiger partial charge in [-0.2, -0.15) is 4.37 Å². The van der Waals surface area contributed by atoms with Crippen molar-refractivity contribution < 1.29 is 13.9 Å². The monoisotopic (exact) mass is 576 g/mol. The average Bonchev–Trinajstić information content (AvgIpc) is 3.28. The summed E-state index contributed by atoms with van der Waals surface area (Å²) in [6.07, 6.45) is 1.47. The number of nitrogens with zero attached hydrogens (tertiary/aromatic N) is 5. The second kappa shape index (κ2) is 11.9. The maximum absolute atomic E-state index is 14.0. The summed E-state index contributed by atoms with van der Waals surface area (Å²) < 4.78 is 29.2. The molecule has 2 aromatic rings. The van der Waals surface area contributed by atoms with Crippen LogP contribution in [0, 0.1) is 5.82 Å². The van der Waals surface area contributed by atoms with Gasteiger partial charge in [0.15, 0.2) is 12.8 Å². The summed E-state index contributed by atoms with van der Waals surface area (Å²) in [6.45, 7) is 9.57. The number of rotatable bonds is 6. The molecular formula is C21H30FIN6O2S. The van der Waals surface area contributed by atoms with Gasteiger partial charge in [-0.15, -0.1) is 24.0 Å². The molecule has 0 unspecified atom stereocenters. The smallest absolute Gasteiger partial charge is 0.205 e. The van der Waals surface area contributed by atoms with Gasteiger partial charge in [0, 0.05) is 62.8 Å². The first-order chi connectivity index (χ1) is 15.2. The van der Waals surface area contributed by atoms with E-state index in [1.165, 1.54) is 23.7 Å². The molecule has 0 spiro atoms. The van der Waals surface area contributed by atoms with E-state index in [0.29, 0.717) is 19.6 Å². The number of hydrogen-bond donors (Lipinski definition) is 1. The normalized spacial score (nSPS) is 16.3. The number of fused-ring (bicyclic) bond motifs is 1. The fourth-order valence-electron chi connectivity index (χ4n) is 3.78. The lowest BCUT2D eigenvalue weighted by Crippen LogP contribution is -2.52. The van der Waals surface area contributed by atoms with Crippen LogP contribution in [-0.2, 0) is 24.2 Å². The Hall–Kier alpha value is -1.73. The van der Waals surface area contributed by atoms with Crippen LogP contribution in [0.25, 0.3) is 0 Å². The van der Waals surface area contributed by atoms with Gasteiger partial charge in [0.1, 0.15) is 17.4 Å². The zero-order valence-corrected chi connectivity index (χ0v) is 21.6. The number of nitrogens with one attached hydrogen (secondary N) is 1. The van der Waals surface area contributed by atoms with Crippen molar-refractivity contribution in [1.82, 2.24) is 19.6 Å².